The minimum Gasteiger partial charge on any atom is -0.373 e. The molecule has 1 atom stereocenters. The number of likely N-dealkylation sites (tertiary alicyclic amines) is 1. The lowest BCUT2D eigenvalue weighted by Gasteiger charge is -2.25. The number of nitrogens with one attached hydrogen (secondary N) is 1. The Kier molecular flexibility index (Phi) is 4.87. The topological polar surface area (TPSA) is 62.3 Å². The van der Waals surface area contributed by atoms with Crippen LogP contribution in [0.5, 0.6) is 0 Å². The summed E-state index contributed by atoms with van der Waals surface area (Å²) in [6.07, 6.45) is 5.39. The van der Waals surface area contributed by atoms with Crippen molar-refractivity contribution in [1.82, 2.24) is 9.88 Å². The molecular weight excluding hydrogens is 322 g/mol. The van der Waals surface area contributed by atoms with Gasteiger partial charge in [-0.25, -0.2) is 13.4 Å². The van der Waals surface area contributed by atoms with E-state index in [1.807, 2.05) is 25.4 Å². The van der Waals surface area contributed by atoms with E-state index in [-0.39, 0.29) is 0 Å². The quantitative estimate of drug-likeness (QED) is 0.903. The Bertz CT molecular complexity index is 803. The van der Waals surface area contributed by atoms with Crippen LogP contribution in [0.4, 0.5) is 5.82 Å². The van der Waals surface area contributed by atoms with Crippen LogP contribution < -0.4 is 5.32 Å². The number of hydrogen-bond acceptors (Lipinski definition) is 5. The minimum atomic E-state index is -3.14. The summed E-state index contributed by atoms with van der Waals surface area (Å²) in [4.78, 5) is 7.11. The van der Waals surface area contributed by atoms with Crippen molar-refractivity contribution in [1.29, 1.82) is 0 Å². The summed E-state index contributed by atoms with van der Waals surface area (Å²) in [7, 11) is -1.26. The number of aromatic nitrogens is 1. The molecular formula is C18H23N3O2S. The third kappa shape index (κ3) is 3.76. The Morgan fingerprint density at radius 3 is 2.67 bits per heavy atom. The van der Waals surface area contributed by atoms with Gasteiger partial charge in [0.1, 0.15) is 5.82 Å². The van der Waals surface area contributed by atoms with E-state index in [1.54, 1.807) is 12.1 Å². The van der Waals surface area contributed by atoms with Crippen LogP contribution in [-0.2, 0) is 16.4 Å². The highest BCUT2D eigenvalue weighted by Crippen LogP contribution is 2.33. The summed E-state index contributed by atoms with van der Waals surface area (Å²) in [5.74, 6) is 0.886. The van der Waals surface area contributed by atoms with E-state index >= 15 is 0 Å². The van der Waals surface area contributed by atoms with Crippen LogP contribution in [0.15, 0.2) is 47.5 Å². The van der Waals surface area contributed by atoms with Crippen LogP contribution in [0.3, 0.4) is 0 Å². The number of hydrogen-bond donors (Lipinski definition) is 1. The molecule has 1 aliphatic rings. The van der Waals surface area contributed by atoms with E-state index in [1.165, 1.54) is 18.2 Å². The van der Waals surface area contributed by atoms with E-state index in [4.69, 9.17) is 0 Å². The van der Waals surface area contributed by atoms with Crippen molar-refractivity contribution in [2.45, 2.75) is 30.3 Å². The fourth-order valence-electron chi connectivity index (χ4n) is 3.26. The standard InChI is InChI=1S/C18H23N3O2S/c1-19-18-12-15(9-10-20-18)17-4-3-11-21(17)13-14-5-7-16(8-6-14)24(2,22)23/h5-10,12,17H,3-4,11,13H2,1-2H3,(H,19,20)/t17-/m1/s1. The summed E-state index contributed by atoms with van der Waals surface area (Å²) in [5.41, 5.74) is 2.41. The maximum Gasteiger partial charge on any atom is 0.175 e. The second-order valence-corrected chi connectivity index (χ2v) is 8.28. The van der Waals surface area contributed by atoms with E-state index in [9.17, 15) is 8.42 Å². The molecule has 1 aromatic carbocycles. The molecule has 1 N–H and O–H groups in total. The molecule has 24 heavy (non-hydrogen) atoms. The molecule has 0 aliphatic carbocycles. The zero-order valence-electron chi connectivity index (χ0n) is 14.1. The highest BCUT2D eigenvalue weighted by Gasteiger charge is 2.26. The molecule has 1 aromatic heterocycles. The maximum atomic E-state index is 11.6. The Morgan fingerprint density at radius 2 is 2.00 bits per heavy atom. The predicted octanol–water partition coefficient (Wildman–Crippen LogP) is 2.86. The first-order valence-electron chi connectivity index (χ1n) is 8.14. The maximum absolute atomic E-state index is 11.6. The molecule has 0 amide bonds. The number of nitrogens with zero attached hydrogens (tertiary/aromatic N) is 2. The van der Waals surface area contributed by atoms with Crippen LogP contribution in [0.25, 0.3) is 0 Å². The SMILES string of the molecule is CNc1cc([C@H]2CCCN2Cc2ccc(S(C)(=O)=O)cc2)ccn1. The van der Waals surface area contributed by atoms with Crippen LogP contribution in [0.1, 0.15) is 30.0 Å². The lowest BCUT2D eigenvalue weighted by molar-refractivity contribution is 0.248. The average Bonchev–Trinajstić information content (AvgIpc) is 3.03. The number of anilines is 1. The zero-order chi connectivity index (χ0) is 17.2. The van der Waals surface area contributed by atoms with Gasteiger partial charge in [0.05, 0.1) is 4.90 Å². The monoisotopic (exact) mass is 345 g/mol. The molecule has 2 aromatic rings. The van der Waals surface area contributed by atoms with Crippen molar-refractivity contribution in [2.75, 3.05) is 25.2 Å². The fourth-order valence-corrected chi connectivity index (χ4v) is 3.89. The van der Waals surface area contributed by atoms with Crippen molar-refractivity contribution < 1.29 is 8.42 Å². The lowest BCUT2D eigenvalue weighted by Crippen LogP contribution is -2.22. The largest absolute Gasteiger partial charge is 0.373 e. The van der Waals surface area contributed by atoms with Crippen molar-refractivity contribution in [2.24, 2.45) is 0 Å². The number of pyridine rings is 1. The normalized spacial score (nSPS) is 18.7. The van der Waals surface area contributed by atoms with Gasteiger partial charge < -0.3 is 5.32 Å². The summed E-state index contributed by atoms with van der Waals surface area (Å²) >= 11 is 0. The van der Waals surface area contributed by atoms with E-state index < -0.39 is 9.84 Å². The van der Waals surface area contributed by atoms with Crippen molar-refractivity contribution in [3.05, 3.63) is 53.7 Å². The predicted molar refractivity (Wildman–Crippen MR) is 95.7 cm³/mol. The molecule has 0 radical (unpaired) electrons. The summed E-state index contributed by atoms with van der Waals surface area (Å²) < 4.78 is 23.1. The molecule has 128 valence electrons. The molecule has 1 saturated heterocycles. The number of benzene rings is 1. The first kappa shape index (κ1) is 16.9. The van der Waals surface area contributed by atoms with Crippen LogP contribution in [0, 0.1) is 0 Å². The first-order chi connectivity index (χ1) is 11.5. The van der Waals surface area contributed by atoms with Gasteiger partial charge in [-0.05, 0) is 54.8 Å². The molecule has 6 heteroatoms. The van der Waals surface area contributed by atoms with Gasteiger partial charge in [-0.2, -0.15) is 0 Å². The smallest absolute Gasteiger partial charge is 0.175 e. The van der Waals surface area contributed by atoms with E-state index in [0.717, 1.165) is 30.9 Å². The van der Waals surface area contributed by atoms with Gasteiger partial charge in [0.2, 0.25) is 0 Å². The van der Waals surface area contributed by atoms with E-state index in [2.05, 4.69) is 27.3 Å². The number of rotatable bonds is 5. The Balaban J connectivity index is 1.76. The summed E-state index contributed by atoms with van der Waals surface area (Å²) in [5, 5.41) is 3.09. The molecule has 0 bridgehead atoms. The Morgan fingerprint density at radius 1 is 1.25 bits per heavy atom. The van der Waals surface area contributed by atoms with E-state index in [0.29, 0.717) is 10.9 Å². The van der Waals surface area contributed by atoms with Crippen molar-refractivity contribution in [3.63, 3.8) is 0 Å². The van der Waals surface area contributed by atoms with Gasteiger partial charge >= 0.3 is 0 Å². The van der Waals surface area contributed by atoms with Gasteiger partial charge in [-0.3, -0.25) is 4.90 Å². The molecule has 5 nitrogen and oxygen atoms in total. The molecule has 1 fully saturated rings. The molecule has 2 heterocycles. The molecule has 0 spiro atoms. The second kappa shape index (κ2) is 6.91. The van der Waals surface area contributed by atoms with Crippen LogP contribution >= 0.6 is 0 Å². The van der Waals surface area contributed by atoms with Crippen molar-refractivity contribution in [3.8, 4) is 0 Å². The molecule has 1 aliphatic heterocycles. The van der Waals surface area contributed by atoms with Crippen LogP contribution in [-0.4, -0.2) is 38.1 Å². The van der Waals surface area contributed by atoms with Crippen LogP contribution in [0.2, 0.25) is 0 Å². The molecule has 0 saturated carbocycles. The zero-order valence-corrected chi connectivity index (χ0v) is 14.9. The Hall–Kier alpha value is -1.92. The third-order valence-corrected chi connectivity index (χ3v) is 5.65. The summed E-state index contributed by atoms with van der Waals surface area (Å²) in [6.45, 7) is 1.88. The van der Waals surface area contributed by atoms with Gasteiger partial charge in [0.25, 0.3) is 0 Å². The summed E-state index contributed by atoms with van der Waals surface area (Å²) in [6, 6.07) is 11.8. The first-order valence-corrected chi connectivity index (χ1v) is 10.0. The van der Waals surface area contributed by atoms with Gasteiger partial charge in [0, 0.05) is 32.1 Å². The lowest BCUT2D eigenvalue weighted by atomic mass is 10.1. The highest BCUT2D eigenvalue weighted by molar-refractivity contribution is 7.90. The van der Waals surface area contributed by atoms with Gasteiger partial charge in [-0.15, -0.1) is 0 Å². The highest BCUT2D eigenvalue weighted by atomic mass is 32.2. The van der Waals surface area contributed by atoms with Gasteiger partial charge in [-0.1, -0.05) is 12.1 Å². The Labute approximate surface area is 143 Å². The second-order valence-electron chi connectivity index (χ2n) is 6.27. The molecule has 3 rings (SSSR count). The minimum absolute atomic E-state index is 0.372. The van der Waals surface area contributed by atoms with Gasteiger partial charge in [0.15, 0.2) is 9.84 Å². The molecule has 0 unspecified atom stereocenters. The fraction of sp³-hybridized carbons (Fsp3) is 0.389. The third-order valence-electron chi connectivity index (χ3n) is 4.53. The number of sulfone groups is 1. The average molecular weight is 345 g/mol. The van der Waals surface area contributed by atoms with Crippen molar-refractivity contribution >= 4 is 15.7 Å².